The Hall–Kier alpha value is -0.530. The van der Waals surface area contributed by atoms with E-state index in [0.717, 1.165) is 17.6 Å². The van der Waals surface area contributed by atoms with E-state index in [2.05, 4.69) is 31.3 Å². The van der Waals surface area contributed by atoms with Crippen molar-refractivity contribution in [2.24, 2.45) is 0 Å². The topological polar surface area (TPSA) is 12.0 Å². The predicted octanol–water partition coefficient (Wildman–Crippen LogP) is 3.76. The third-order valence-electron chi connectivity index (χ3n) is 3.56. The van der Waals surface area contributed by atoms with Gasteiger partial charge in [0.25, 0.3) is 0 Å². The average molecular weight is 238 g/mol. The van der Waals surface area contributed by atoms with Gasteiger partial charge in [-0.25, -0.2) is 0 Å². The summed E-state index contributed by atoms with van der Waals surface area (Å²) in [6.07, 6.45) is 4.08. The summed E-state index contributed by atoms with van der Waals surface area (Å²) in [7, 11) is 0. The second kappa shape index (κ2) is 4.77. The molecule has 2 rings (SSSR count). The molecule has 0 aromatic heterocycles. The Kier molecular flexibility index (Phi) is 3.56. The first-order chi connectivity index (χ1) is 7.58. The van der Waals surface area contributed by atoms with E-state index >= 15 is 0 Å². The lowest BCUT2D eigenvalue weighted by Crippen LogP contribution is -2.42. The summed E-state index contributed by atoms with van der Waals surface area (Å²) in [5.41, 5.74) is 1.53. The number of hydrogen-bond donors (Lipinski definition) is 1. The number of rotatable bonds is 4. The van der Waals surface area contributed by atoms with E-state index in [0.29, 0.717) is 0 Å². The highest BCUT2D eigenvalue weighted by molar-refractivity contribution is 6.30. The van der Waals surface area contributed by atoms with Gasteiger partial charge in [0.1, 0.15) is 0 Å². The van der Waals surface area contributed by atoms with Crippen molar-refractivity contribution < 1.29 is 0 Å². The maximum absolute atomic E-state index is 5.91. The second-order valence-corrected chi connectivity index (χ2v) is 5.84. The minimum atomic E-state index is 0.181. The molecule has 0 unspecified atom stereocenters. The summed E-state index contributed by atoms with van der Waals surface area (Å²) in [6, 6.07) is 8.96. The molecule has 0 atom stereocenters. The Morgan fingerprint density at radius 2 is 1.88 bits per heavy atom. The molecule has 2 heteroatoms. The van der Waals surface area contributed by atoms with Crippen LogP contribution in [0.2, 0.25) is 5.02 Å². The Morgan fingerprint density at radius 3 is 2.38 bits per heavy atom. The largest absolute Gasteiger partial charge is 0.313 e. The molecule has 0 amide bonds. The first-order valence-corrected chi connectivity index (χ1v) is 6.45. The summed E-state index contributed by atoms with van der Waals surface area (Å²) in [5, 5.41) is 4.45. The molecule has 1 nitrogen and oxygen atoms in total. The zero-order valence-corrected chi connectivity index (χ0v) is 10.8. The van der Waals surface area contributed by atoms with Gasteiger partial charge in [0.2, 0.25) is 0 Å². The third kappa shape index (κ3) is 2.78. The normalized spacial score (nSPS) is 17.2. The van der Waals surface area contributed by atoms with Crippen LogP contribution >= 0.6 is 11.6 Å². The van der Waals surface area contributed by atoms with Crippen LogP contribution in [0.1, 0.15) is 38.7 Å². The highest BCUT2D eigenvalue weighted by atomic mass is 35.5. The molecule has 0 radical (unpaired) electrons. The summed E-state index contributed by atoms with van der Waals surface area (Å²) in [6.45, 7) is 5.60. The first-order valence-electron chi connectivity index (χ1n) is 6.07. The van der Waals surface area contributed by atoms with Gasteiger partial charge in [-0.3, -0.25) is 0 Å². The Bertz CT molecular complexity index is 338. The van der Waals surface area contributed by atoms with E-state index < -0.39 is 0 Å². The van der Waals surface area contributed by atoms with E-state index in [1.54, 1.807) is 0 Å². The molecular weight excluding hydrogens is 218 g/mol. The van der Waals surface area contributed by atoms with Gasteiger partial charge in [0.15, 0.2) is 0 Å². The second-order valence-electron chi connectivity index (χ2n) is 5.40. The molecule has 1 aromatic rings. The van der Waals surface area contributed by atoms with E-state index in [9.17, 15) is 0 Å². The number of halogens is 1. The third-order valence-corrected chi connectivity index (χ3v) is 3.82. The van der Waals surface area contributed by atoms with Gasteiger partial charge in [-0.1, -0.05) is 44.0 Å². The molecule has 0 bridgehead atoms. The van der Waals surface area contributed by atoms with E-state index in [1.165, 1.54) is 24.8 Å². The van der Waals surface area contributed by atoms with Gasteiger partial charge in [0, 0.05) is 23.0 Å². The van der Waals surface area contributed by atoms with E-state index in [-0.39, 0.29) is 5.41 Å². The van der Waals surface area contributed by atoms with Gasteiger partial charge in [-0.15, -0.1) is 0 Å². The molecule has 1 aliphatic carbocycles. The van der Waals surface area contributed by atoms with Gasteiger partial charge in [-0.05, 0) is 30.5 Å². The van der Waals surface area contributed by atoms with Crippen molar-refractivity contribution in [2.45, 2.75) is 44.6 Å². The number of hydrogen-bond acceptors (Lipinski definition) is 1. The SMILES string of the molecule is CC(C)(CNC1CCC1)c1ccc(Cl)cc1. The molecule has 1 aromatic carbocycles. The molecule has 0 heterocycles. The van der Waals surface area contributed by atoms with Crippen LogP contribution in [-0.2, 0) is 5.41 Å². The van der Waals surface area contributed by atoms with Crippen molar-refractivity contribution in [3.63, 3.8) is 0 Å². The van der Waals surface area contributed by atoms with Crippen LogP contribution in [0.3, 0.4) is 0 Å². The molecule has 16 heavy (non-hydrogen) atoms. The summed E-state index contributed by atoms with van der Waals surface area (Å²) >= 11 is 5.91. The highest BCUT2D eigenvalue weighted by Crippen LogP contribution is 2.25. The molecule has 88 valence electrons. The lowest BCUT2D eigenvalue weighted by molar-refractivity contribution is 0.311. The lowest BCUT2D eigenvalue weighted by Gasteiger charge is -2.32. The zero-order chi connectivity index (χ0) is 11.6. The van der Waals surface area contributed by atoms with Gasteiger partial charge in [0.05, 0.1) is 0 Å². The van der Waals surface area contributed by atoms with Crippen LogP contribution in [-0.4, -0.2) is 12.6 Å². The molecule has 1 aliphatic rings. The standard InChI is InChI=1S/C14H20ClN/c1-14(2,10-16-13-4-3-5-13)11-6-8-12(15)9-7-11/h6-9,13,16H,3-5,10H2,1-2H3. The van der Waals surface area contributed by atoms with Crippen LogP contribution < -0.4 is 5.32 Å². The molecule has 1 N–H and O–H groups in total. The Balaban J connectivity index is 1.96. The minimum Gasteiger partial charge on any atom is -0.313 e. The maximum atomic E-state index is 5.91. The molecule has 1 saturated carbocycles. The smallest absolute Gasteiger partial charge is 0.0406 e. The molecule has 0 aliphatic heterocycles. The van der Waals surface area contributed by atoms with E-state index in [4.69, 9.17) is 11.6 Å². The van der Waals surface area contributed by atoms with E-state index in [1.807, 2.05) is 12.1 Å². The monoisotopic (exact) mass is 237 g/mol. The van der Waals surface area contributed by atoms with Crippen LogP contribution in [0, 0.1) is 0 Å². The van der Waals surface area contributed by atoms with Crippen molar-refractivity contribution in [1.82, 2.24) is 5.32 Å². The minimum absolute atomic E-state index is 0.181. The Morgan fingerprint density at radius 1 is 1.25 bits per heavy atom. The Labute approximate surface area is 103 Å². The molecular formula is C14H20ClN. The van der Waals surface area contributed by atoms with Crippen molar-refractivity contribution in [1.29, 1.82) is 0 Å². The lowest BCUT2D eigenvalue weighted by atomic mass is 9.83. The fraction of sp³-hybridized carbons (Fsp3) is 0.571. The number of benzene rings is 1. The van der Waals surface area contributed by atoms with Gasteiger partial charge < -0.3 is 5.32 Å². The highest BCUT2D eigenvalue weighted by Gasteiger charge is 2.24. The zero-order valence-electron chi connectivity index (χ0n) is 10.1. The van der Waals surface area contributed by atoms with Crippen molar-refractivity contribution in [3.8, 4) is 0 Å². The fourth-order valence-corrected chi connectivity index (χ4v) is 2.14. The summed E-state index contributed by atoms with van der Waals surface area (Å²) in [4.78, 5) is 0. The van der Waals surface area contributed by atoms with Crippen LogP contribution in [0.5, 0.6) is 0 Å². The first kappa shape index (κ1) is 11.9. The fourth-order valence-electron chi connectivity index (χ4n) is 2.02. The molecule has 1 fully saturated rings. The quantitative estimate of drug-likeness (QED) is 0.841. The average Bonchev–Trinajstić information content (AvgIpc) is 2.15. The van der Waals surface area contributed by atoms with Gasteiger partial charge >= 0.3 is 0 Å². The van der Waals surface area contributed by atoms with Crippen molar-refractivity contribution in [3.05, 3.63) is 34.9 Å². The van der Waals surface area contributed by atoms with Crippen LogP contribution in [0.25, 0.3) is 0 Å². The van der Waals surface area contributed by atoms with Crippen molar-refractivity contribution >= 4 is 11.6 Å². The summed E-state index contributed by atoms with van der Waals surface area (Å²) < 4.78 is 0. The summed E-state index contributed by atoms with van der Waals surface area (Å²) in [5.74, 6) is 0. The van der Waals surface area contributed by atoms with Crippen molar-refractivity contribution in [2.75, 3.05) is 6.54 Å². The molecule has 0 saturated heterocycles. The van der Waals surface area contributed by atoms with Crippen LogP contribution in [0.15, 0.2) is 24.3 Å². The maximum Gasteiger partial charge on any atom is 0.0406 e. The predicted molar refractivity (Wildman–Crippen MR) is 70.1 cm³/mol. The molecule has 0 spiro atoms. The number of nitrogens with one attached hydrogen (secondary N) is 1. The van der Waals surface area contributed by atoms with Crippen LogP contribution in [0.4, 0.5) is 0 Å². The van der Waals surface area contributed by atoms with Gasteiger partial charge in [-0.2, -0.15) is 0 Å².